The van der Waals surface area contributed by atoms with Gasteiger partial charge in [0.1, 0.15) is 5.82 Å². The molecule has 0 spiro atoms. The molecule has 1 aromatic heterocycles. The average molecular weight is 374 g/mol. The fraction of sp³-hybridized carbons (Fsp3) is 0.227. The van der Waals surface area contributed by atoms with Crippen LogP contribution < -0.4 is 10.6 Å². The molecular formula is C22H22N4O2. The van der Waals surface area contributed by atoms with Crippen molar-refractivity contribution in [1.29, 1.82) is 0 Å². The molecule has 0 radical (unpaired) electrons. The molecule has 2 aromatic carbocycles. The van der Waals surface area contributed by atoms with Gasteiger partial charge in [0.2, 0.25) is 5.91 Å². The van der Waals surface area contributed by atoms with Crippen LogP contribution in [0.1, 0.15) is 41.9 Å². The van der Waals surface area contributed by atoms with E-state index >= 15 is 0 Å². The molecule has 1 fully saturated rings. The predicted octanol–water partition coefficient (Wildman–Crippen LogP) is 3.71. The molecule has 4 rings (SSSR count). The van der Waals surface area contributed by atoms with Gasteiger partial charge in [-0.05, 0) is 37.5 Å². The molecule has 3 aromatic rings. The van der Waals surface area contributed by atoms with E-state index in [1.165, 1.54) is 0 Å². The van der Waals surface area contributed by atoms with Gasteiger partial charge in [0.15, 0.2) is 5.69 Å². The monoisotopic (exact) mass is 374 g/mol. The summed E-state index contributed by atoms with van der Waals surface area (Å²) in [5.74, 6) is 0.254. The predicted molar refractivity (Wildman–Crippen MR) is 107 cm³/mol. The van der Waals surface area contributed by atoms with E-state index in [4.69, 9.17) is 0 Å². The van der Waals surface area contributed by atoms with Gasteiger partial charge in [-0.1, -0.05) is 48.5 Å². The molecule has 1 aliphatic carbocycles. The van der Waals surface area contributed by atoms with Gasteiger partial charge < -0.3 is 10.6 Å². The Morgan fingerprint density at radius 1 is 1.04 bits per heavy atom. The molecule has 6 nitrogen and oxygen atoms in total. The van der Waals surface area contributed by atoms with Crippen LogP contribution in [0.25, 0.3) is 5.69 Å². The van der Waals surface area contributed by atoms with E-state index in [2.05, 4.69) is 15.7 Å². The molecular weight excluding hydrogens is 352 g/mol. The van der Waals surface area contributed by atoms with Crippen molar-refractivity contribution in [3.05, 3.63) is 78.0 Å². The third-order valence-corrected chi connectivity index (χ3v) is 4.79. The van der Waals surface area contributed by atoms with Gasteiger partial charge >= 0.3 is 0 Å². The molecule has 2 N–H and O–H groups in total. The first-order valence-corrected chi connectivity index (χ1v) is 9.44. The van der Waals surface area contributed by atoms with Crippen molar-refractivity contribution in [2.75, 3.05) is 5.32 Å². The molecule has 28 heavy (non-hydrogen) atoms. The van der Waals surface area contributed by atoms with E-state index in [0.717, 1.165) is 24.1 Å². The first-order chi connectivity index (χ1) is 13.6. The molecule has 1 saturated carbocycles. The molecule has 2 amide bonds. The van der Waals surface area contributed by atoms with Crippen LogP contribution in [0.3, 0.4) is 0 Å². The molecule has 6 heteroatoms. The topological polar surface area (TPSA) is 76.0 Å². The number of aromatic nitrogens is 2. The average Bonchev–Trinajstić information content (AvgIpc) is 3.50. The van der Waals surface area contributed by atoms with Crippen LogP contribution in [0.15, 0.2) is 66.7 Å². The van der Waals surface area contributed by atoms with Crippen molar-refractivity contribution in [3.8, 4) is 5.69 Å². The van der Waals surface area contributed by atoms with E-state index in [9.17, 15) is 9.59 Å². The van der Waals surface area contributed by atoms with Crippen LogP contribution in [0.4, 0.5) is 5.82 Å². The van der Waals surface area contributed by atoms with Gasteiger partial charge in [0.05, 0.1) is 11.7 Å². The Bertz CT molecular complexity index is 978. The number of carbonyl (C=O) groups is 2. The number of rotatable bonds is 6. The summed E-state index contributed by atoms with van der Waals surface area (Å²) < 4.78 is 1.60. The molecule has 1 atom stereocenters. The standard InChI is InChI=1S/C22H22N4O2/c1-15(16-8-4-2-5-9-16)23-22(28)19-14-20(24-21(27)17-12-13-17)26(25-19)18-10-6-3-7-11-18/h2-11,14-15,17H,12-13H2,1H3,(H,23,28)(H,24,27). The van der Waals surface area contributed by atoms with Gasteiger partial charge in [-0.25, -0.2) is 4.68 Å². The Morgan fingerprint density at radius 2 is 1.68 bits per heavy atom. The molecule has 142 valence electrons. The van der Waals surface area contributed by atoms with Crippen molar-refractivity contribution in [3.63, 3.8) is 0 Å². The smallest absolute Gasteiger partial charge is 0.272 e. The Balaban J connectivity index is 1.59. The lowest BCUT2D eigenvalue weighted by atomic mass is 10.1. The lowest BCUT2D eigenvalue weighted by Gasteiger charge is -2.13. The second kappa shape index (κ2) is 7.68. The number of amides is 2. The van der Waals surface area contributed by atoms with E-state index in [1.807, 2.05) is 67.6 Å². The van der Waals surface area contributed by atoms with Crippen LogP contribution in [0.2, 0.25) is 0 Å². The minimum atomic E-state index is -0.284. The van der Waals surface area contributed by atoms with E-state index in [0.29, 0.717) is 5.82 Å². The molecule has 1 aliphatic rings. The van der Waals surface area contributed by atoms with Crippen molar-refractivity contribution in [1.82, 2.24) is 15.1 Å². The van der Waals surface area contributed by atoms with Crippen LogP contribution in [-0.4, -0.2) is 21.6 Å². The summed E-state index contributed by atoms with van der Waals surface area (Å²) >= 11 is 0. The SMILES string of the molecule is CC(NC(=O)c1cc(NC(=O)C2CC2)n(-c2ccccc2)n1)c1ccccc1. The lowest BCUT2D eigenvalue weighted by Crippen LogP contribution is -2.27. The highest BCUT2D eigenvalue weighted by Gasteiger charge is 2.30. The van der Waals surface area contributed by atoms with Gasteiger partial charge in [0, 0.05) is 12.0 Å². The fourth-order valence-corrected chi connectivity index (χ4v) is 3.02. The zero-order valence-electron chi connectivity index (χ0n) is 15.6. The molecule has 0 aliphatic heterocycles. The molecule has 1 unspecified atom stereocenters. The number of nitrogens with zero attached hydrogens (tertiary/aromatic N) is 2. The number of benzene rings is 2. The minimum Gasteiger partial charge on any atom is -0.344 e. The lowest BCUT2D eigenvalue weighted by molar-refractivity contribution is -0.117. The Kier molecular flexibility index (Phi) is 4.93. The summed E-state index contributed by atoms with van der Waals surface area (Å²) in [7, 11) is 0. The maximum atomic E-state index is 12.8. The fourth-order valence-electron chi connectivity index (χ4n) is 3.02. The highest BCUT2D eigenvalue weighted by Crippen LogP contribution is 2.30. The summed E-state index contributed by atoms with van der Waals surface area (Å²) in [5, 5.41) is 10.3. The van der Waals surface area contributed by atoms with E-state index < -0.39 is 0 Å². The van der Waals surface area contributed by atoms with Crippen molar-refractivity contribution in [2.24, 2.45) is 5.92 Å². The maximum absolute atomic E-state index is 12.8. The quantitative estimate of drug-likeness (QED) is 0.691. The largest absolute Gasteiger partial charge is 0.344 e. The first kappa shape index (κ1) is 18.0. The summed E-state index contributed by atoms with van der Waals surface area (Å²) in [4.78, 5) is 25.0. The summed E-state index contributed by atoms with van der Waals surface area (Å²) in [6.45, 7) is 1.93. The molecule has 0 bridgehead atoms. The Hall–Kier alpha value is -3.41. The summed E-state index contributed by atoms with van der Waals surface area (Å²) in [5.41, 5.74) is 2.06. The zero-order chi connectivity index (χ0) is 19.5. The third kappa shape index (κ3) is 3.96. The van der Waals surface area contributed by atoms with Gasteiger partial charge in [-0.3, -0.25) is 9.59 Å². The van der Waals surface area contributed by atoms with Crippen molar-refractivity contribution >= 4 is 17.6 Å². The zero-order valence-corrected chi connectivity index (χ0v) is 15.6. The normalized spacial score (nSPS) is 14.3. The van der Waals surface area contributed by atoms with E-state index in [-0.39, 0.29) is 29.5 Å². The number of para-hydroxylation sites is 1. The summed E-state index contributed by atoms with van der Waals surface area (Å²) in [6, 6.07) is 20.7. The number of hydrogen-bond acceptors (Lipinski definition) is 3. The second-order valence-corrected chi connectivity index (χ2v) is 7.03. The van der Waals surface area contributed by atoms with E-state index in [1.54, 1.807) is 10.7 Å². The molecule has 1 heterocycles. The Labute approximate surface area is 163 Å². The minimum absolute atomic E-state index is 0.0262. The van der Waals surface area contributed by atoms with Crippen molar-refractivity contribution in [2.45, 2.75) is 25.8 Å². The Morgan fingerprint density at radius 3 is 2.32 bits per heavy atom. The summed E-state index contributed by atoms with van der Waals surface area (Å²) in [6.07, 6.45) is 1.82. The number of anilines is 1. The van der Waals surface area contributed by atoms with Crippen LogP contribution in [0, 0.1) is 5.92 Å². The number of nitrogens with one attached hydrogen (secondary N) is 2. The highest BCUT2D eigenvalue weighted by atomic mass is 16.2. The van der Waals surface area contributed by atoms with Crippen LogP contribution >= 0.6 is 0 Å². The second-order valence-electron chi connectivity index (χ2n) is 7.03. The van der Waals surface area contributed by atoms with Crippen LogP contribution in [0.5, 0.6) is 0 Å². The number of hydrogen-bond donors (Lipinski definition) is 2. The first-order valence-electron chi connectivity index (χ1n) is 9.44. The van der Waals surface area contributed by atoms with Crippen molar-refractivity contribution < 1.29 is 9.59 Å². The third-order valence-electron chi connectivity index (χ3n) is 4.79. The van der Waals surface area contributed by atoms with Gasteiger partial charge in [0.25, 0.3) is 5.91 Å². The number of carbonyl (C=O) groups excluding carboxylic acids is 2. The van der Waals surface area contributed by atoms with Gasteiger partial charge in [-0.15, -0.1) is 0 Å². The molecule has 0 saturated heterocycles. The van der Waals surface area contributed by atoms with Crippen LogP contribution in [-0.2, 0) is 4.79 Å². The van der Waals surface area contributed by atoms with Gasteiger partial charge in [-0.2, -0.15) is 5.10 Å². The maximum Gasteiger partial charge on any atom is 0.272 e. The highest BCUT2D eigenvalue weighted by molar-refractivity contribution is 5.97.